The van der Waals surface area contributed by atoms with Gasteiger partial charge in [-0.05, 0) is 30.9 Å². The van der Waals surface area contributed by atoms with Crippen molar-refractivity contribution in [3.63, 3.8) is 0 Å². The molecule has 0 amide bonds. The van der Waals surface area contributed by atoms with E-state index in [1.807, 2.05) is 11.8 Å². The van der Waals surface area contributed by atoms with Crippen molar-refractivity contribution in [2.24, 2.45) is 5.92 Å². The first-order valence-corrected chi connectivity index (χ1v) is 7.54. The predicted octanol–water partition coefficient (Wildman–Crippen LogP) is 1.33. The number of aromatic nitrogens is 2. The monoisotopic (exact) mass is 269 g/mol. The Kier molecular flexibility index (Phi) is 3.25. The fraction of sp³-hybridized carbons (Fsp3) is 0.750. The molecule has 5 nitrogen and oxygen atoms in total. The van der Waals surface area contributed by atoms with Crippen LogP contribution in [0.4, 0.5) is 5.82 Å². The minimum atomic E-state index is -0.532. The summed E-state index contributed by atoms with van der Waals surface area (Å²) >= 11 is 1.94. The fourth-order valence-electron chi connectivity index (χ4n) is 2.99. The SMILES string of the molecule is Nc1[nH]ncc1C(O)C1CCOC2(CCSC2)C1. The standard InChI is InChI=1S/C12H19N3O2S/c13-11-9(6-14-15-11)10(16)8-1-3-17-12(5-8)2-4-18-7-12/h6,8,10,16H,1-5,7H2,(H3,13,14,15). The quantitative estimate of drug-likeness (QED) is 0.754. The maximum absolute atomic E-state index is 10.5. The van der Waals surface area contributed by atoms with E-state index in [4.69, 9.17) is 10.5 Å². The number of nitrogens with zero attached hydrogens (tertiary/aromatic N) is 1. The summed E-state index contributed by atoms with van der Waals surface area (Å²) < 4.78 is 5.97. The summed E-state index contributed by atoms with van der Waals surface area (Å²) in [7, 11) is 0. The number of nitrogens with one attached hydrogen (secondary N) is 1. The molecule has 2 aliphatic rings. The smallest absolute Gasteiger partial charge is 0.124 e. The number of rotatable bonds is 2. The maximum Gasteiger partial charge on any atom is 0.124 e. The zero-order valence-corrected chi connectivity index (χ0v) is 11.1. The molecule has 100 valence electrons. The van der Waals surface area contributed by atoms with Gasteiger partial charge in [0.2, 0.25) is 0 Å². The van der Waals surface area contributed by atoms with E-state index >= 15 is 0 Å². The number of anilines is 1. The molecule has 0 radical (unpaired) electrons. The second-order valence-corrected chi connectivity index (χ2v) is 6.38. The number of H-pyrrole nitrogens is 1. The van der Waals surface area contributed by atoms with Gasteiger partial charge in [0.1, 0.15) is 5.82 Å². The highest BCUT2D eigenvalue weighted by atomic mass is 32.2. The van der Waals surface area contributed by atoms with Crippen molar-refractivity contribution in [2.75, 3.05) is 23.8 Å². The molecule has 0 bridgehead atoms. The summed E-state index contributed by atoms with van der Waals surface area (Å²) in [5.74, 6) is 2.91. The molecule has 1 aromatic heterocycles. The van der Waals surface area contributed by atoms with E-state index in [0.717, 1.165) is 42.9 Å². The fourth-order valence-corrected chi connectivity index (χ4v) is 4.37. The highest BCUT2D eigenvalue weighted by Gasteiger charge is 2.42. The summed E-state index contributed by atoms with van der Waals surface area (Å²) in [5, 5.41) is 17.0. The molecule has 1 aromatic rings. The van der Waals surface area contributed by atoms with Gasteiger partial charge < -0.3 is 15.6 Å². The third-order valence-electron chi connectivity index (χ3n) is 4.06. The first kappa shape index (κ1) is 12.3. The van der Waals surface area contributed by atoms with Crippen LogP contribution in [0.15, 0.2) is 6.20 Å². The van der Waals surface area contributed by atoms with Crippen LogP contribution in [0.5, 0.6) is 0 Å². The third-order valence-corrected chi connectivity index (χ3v) is 5.29. The molecule has 0 saturated carbocycles. The van der Waals surface area contributed by atoms with Crippen LogP contribution < -0.4 is 5.73 Å². The third kappa shape index (κ3) is 2.13. The Labute approximate surface area is 110 Å². The molecule has 3 heterocycles. The summed E-state index contributed by atoms with van der Waals surface area (Å²) in [6.07, 6.45) is 4.01. The Hall–Kier alpha value is -0.720. The Balaban J connectivity index is 1.74. The Morgan fingerprint density at radius 1 is 1.67 bits per heavy atom. The number of aliphatic hydroxyl groups excluding tert-OH is 1. The van der Waals surface area contributed by atoms with Crippen LogP contribution in [0, 0.1) is 5.92 Å². The molecule has 2 saturated heterocycles. The molecule has 18 heavy (non-hydrogen) atoms. The minimum absolute atomic E-state index is 0.00688. The number of hydrogen-bond acceptors (Lipinski definition) is 5. The lowest BCUT2D eigenvalue weighted by Crippen LogP contribution is -2.41. The van der Waals surface area contributed by atoms with Crippen LogP contribution in [0.3, 0.4) is 0 Å². The molecular formula is C12H19N3O2S. The number of nitrogen functional groups attached to an aromatic ring is 1. The number of ether oxygens (including phenoxy) is 1. The lowest BCUT2D eigenvalue weighted by Gasteiger charge is -2.39. The predicted molar refractivity (Wildman–Crippen MR) is 71.3 cm³/mol. The molecule has 6 heteroatoms. The van der Waals surface area contributed by atoms with Gasteiger partial charge in [0.05, 0.1) is 17.9 Å². The van der Waals surface area contributed by atoms with Crippen LogP contribution in [-0.4, -0.2) is 39.0 Å². The summed E-state index contributed by atoms with van der Waals surface area (Å²) in [4.78, 5) is 0. The molecule has 4 N–H and O–H groups in total. The lowest BCUT2D eigenvalue weighted by atomic mass is 9.81. The number of aromatic amines is 1. The summed E-state index contributed by atoms with van der Waals surface area (Å²) in [6.45, 7) is 0.736. The summed E-state index contributed by atoms with van der Waals surface area (Å²) in [5.41, 5.74) is 6.50. The van der Waals surface area contributed by atoms with E-state index in [1.54, 1.807) is 6.20 Å². The lowest BCUT2D eigenvalue weighted by molar-refractivity contribution is -0.102. The van der Waals surface area contributed by atoms with Gasteiger partial charge in [-0.15, -0.1) is 0 Å². The molecule has 3 atom stereocenters. The molecule has 2 aliphatic heterocycles. The Morgan fingerprint density at radius 3 is 3.22 bits per heavy atom. The van der Waals surface area contributed by atoms with E-state index in [2.05, 4.69) is 10.2 Å². The van der Waals surface area contributed by atoms with Gasteiger partial charge in [0.15, 0.2) is 0 Å². The van der Waals surface area contributed by atoms with E-state index in [1.165, 1.54) is 0 Å². The van der Waals surface area contributed by atoms with Crippen molar-refractivity contribution in [1.29, 1.82) is 0 Å². The van der Waals surface area contributed by atoms with Gasteiger partial charge in [0, 0.05) is 17.9 Å². The molecule has 0 aliphatic carbocycles. The average molecular weight is 269 g/mol. The average Bonchev–Trinajstić information content (AvgIpc) is 2.98. The number of aliphatic hydroxyl groups is 1. The van der Waals surface area contributed by atoms with Crippen LogP contribution in [-0.2, 0) is 4.74 Å². The zero-order valence-electron chi connectivity index (χ0n) is 10.3. The number of nitrogens with two attached hydrogens (primary N) is 1. The molecule has 3 rings (SSSR count). The van der Waals surface area contributed by atoms with Crippen molar-refractivity contribution in [3.8, 4) is 0 Å². The van der Waals surface area contributed by atoms with Crippen LogP contribution in [0.25, 0.3) is 0 Å². The normalized spacial score (nSPS) is 33.9. The molecule has 3 unspecified atom stereocenters. The Morgan fingerprint density at radius 2 is 2.56 bits per heavy atom. The van der Waals surface area contributed by atoms with Crippen LogP contribution in [0.2, 0.25) is 0 Å². The highest BCUT2D eigenvalue weighted by molar-refractivity contribution is 7.99. The molecule has 0 aromatic carbocycles. The van der Waals surface area contributed by atoms with E-state index in [-0.39, 0.29) is 11.5 Å². The van der Waals surface area contributed by atoms with E-state index in [0.29, 0.717) is 5.82 Å². The highest BCUT2D eigenvalue weighted by Crippen LogP contribution is 2.44. The second kappa shape index (κ2) is 4.75. The minimum Gasteiger partial charge on any atom is -0.388 e. The summed E-state index contributed by atoms with van der Waals surface area (Å²) in [6, 6.07) is 0. The number of hydrogen-bond donors (Lipinski definition) is 3. The van der Waals surface area contributed by atoms with Gasteiger partial charge in [-0.2, -0.15) is 16.9 Å². The van der Waals surface area contributed by atoms with E-state index in [9.17, 15) is 5.11 Å². The first-order valence-electron chi connectivity index (χ1n) is 6.39. The van der Waals surface area contributed by atoms with Gasteiger partial charge in [-0.1, -0.05) is 0 Å². The van der Waals surface area contributed by atoms with Crippen molar-refractivity contribution < 1.29 is 9.84 Å². The zero-order chi connectivity index (χ0) is 12.6. The molecular weight excluding hydrogens is 250 g/mol. The largest absolute Gasteiger partial charge is 0.388 e. The van der Waals surface area contributed by atoms with Crippen LogP contribution >= 0.6 is 11.8 Å². The second-order valence-electron chi connectivity index (χ2n) is 5.27. The van der Waals surface area contributed by atoms with Gasteiger partial charge >= 0.3 is 0 Å². The van der Waals surface area contributed by atoms with Crippen LogP contribution in [0.1, 0.15) is 30.9 Å². The van der Waals surface area contributed by atoms with Crippen molar-refractivity contribution >= 4 is 17.6 Å². The number of thioether (sulfide) groups is 1. The van der Waals surface area contributed by atoms with Gasteiger partial charge in [-0.3, -0.25) is 5.10 Å². The van der Waals surface area contributed by atoms with Gasteiger partial charge in [0.25, 0.3) is 0 Å². The first-order chi connectivity index (χ1) is 8.70. The van der Waals surface area contributed by atoms with Crippen molar-refractivity contribution in [2.45, 2.75) is 31.0 Å². The maximum atomic E-state index is 10.5. The molecule has 2 fully saturated rings. The van der Waals surface area contributed by atoms with Crippen molar-refractivity contribution in [3.05, 3.63) is 11.8 Å². The van der Waals surface area contributed by atoms with Gasteiger partial charge in [-0.25, -0.2) is 0 Å². The van der Waals surface area contributed by atoms with Crippen molar-refractivity contribution in [1.82, 2.24) is 10.2 Å². The topological polar surface area (TPSA) is 84.2 Å². The molecule has 1 spiro atoms. The van der Waals surface area contributed by atoms with E-state index < -0.39 is 6.10 Å². The Bertz CT molecular complexity index is 417.